The minimum absolute atomic E-state index is 0.0446. The van der Waals surface area contributed by atoms with E-state index in [2.05, 4.69) is 4.98 Å². The molecule has 3 rings (SSSR count). The lowest BCUT2D eigenvalue weighted by Gasteiger charge is -2.25. The Morgan fingerprint density at radius 1 is 1.17 bits per heavy atom. The molecule has 1 amide bonds. The standard InChI is InChI=1S/C22H21FN2O3S/c1-15(16-7-4-3-5-8-16)25(2)20(26)13-28-21(27)12-19-14-29-22(24-19)17-9-6-10-18(23)11-17/h3-11,14-15H,12-13H2,1-2H3/t15-/m1/s1. The molecular weight excluding hydrogens is 391 g/mol. The molecule has 7 heteroatoms. The number of carbonyl (C=O) groups is 2. The van der Waals surface area contributed by atoms with E-state index >= 15 is 0 Å². The molecule has 1 aromatic heterocycles. The lowest BCUT2D eigenvalue weighted by Crippen LogP contribution is -2.33. The minimum Gasteiger partial charge on any atom is -0.455 e. The highest BCUT2D eigenvalue weighted by atomic mass is 32.1. The number of benzene rings is 2. The molecule has 0 aliphatic carbocycles. The van der Waals surface area contributed by atoms with Gasteiger partial charge < -0.3 is 9.64 Å². The van der Waals surface area contributed by atoms with E-state index < -0.39 is 5.97 Å². The quantitative estimate of drug-likeness (QED) is 0.544. The molecule has 0 saturated heterocycles. The molecule has 1 heterocycles. The fraction of sp³-hybridized carbons (Fsp3) is 0.227. The zero-order valence-corrected chi connectivity index (χ0v) is 17.0. The normalized spacial score (nSPS) is 11.7. The highest BCUT2D eigenvalue weighted by molar-refractivity contribution is 7.13. The largest absolute Gasteiger partial charge is 0.455 e. The van der Waals surface area contributed by atoms with Crippen LogP contribution in [-0.4, -0.2) is 35.4 Å². The number of carbonyl (C=O) groups excluding carboxylic acids is 2. The second-order valence-electron chi connectivity index (χ2n) is 6.58. The van der Waals surface area contributed by atoms with Crippen molar-refractivity contribution in [3.8, 4) is 10.6 Å². The van der Waals surface area contributed by atoms with Crippen molar-refractivity contribution < 1.29 is 18.7 Å². The number of halogens is 1. The Labute approximate surface area is 172 Å². The lowest BCUT2D eigenvalue weighted by atomic mass is 10.1. The number of amides is 1. The Morgan fingerprint density at radius 2 is 1.93 bits per heavy atom. The van der Waals surface area contributed by atoms with Crippen molar-refractivity contribution in [2.24, 2.45) is 0 Å². The summed E-state index contributed by atoms with van der Waals surface area (Å²) in [6, 6.07) is 15.6. The minimum atomic E-state index is -0.532. The van der Waals surface area contributed by atoms with Gasteiger partial charge in [-0.3, -0.25) is 9.59 Å². The van der Waals surface area contributed by atoms with E-state index in [0.29, 0.717) is 16.3 Å². The van der Waals surface area contributed by atoms with Crippen LogP contribution in [-0.2, 0) is 20.7 Å². The number of rotatable bonds is 7. The van der Waals surface area contributed by atoms with Crippen LogP contribution in [0, 0.1) is 5.82 Å². The van der Waals surface area contributed by atoms with Gasteiger partial charge in [0, 0.05) is 18.0 Å². The first-order valence-electron chi connectivity index (χ1n) is 9.10. The van der Waals surface area contributed by atoms with Gasteiger partial charge in [0.05, 0.1) is 18.2 Å². The summed E-state index contributed by atoms with van der Waals surface area (Å²) in [7, 11) is 1.68. The van der Waals surface area contributed by atoms with Gasteiger partial charge >= 0.3 is 5.97 Å². The van der Waals surface area contributed by atoms with E-state index in [0.717, 1.165) is 5.56 Å². The molecule has 0 saturated carbocycles. The van der Waals surface area contributed by atoms with E-state index in [-0.39, 0.29) is 30.8 Å². The lowest BCUT2D eigenvalue weighted by molar-refractivity contribution is -0.151. The van der Waals surface area contributed by atoms with Gasteiger partial charge in [-0.25, -0.2) is 9.37 Å². The van der Waals surface area contributed by atoms with Crippen molar-refractivity contribution in [2.75, 3.05) is 13.7 Å². The predicted molar refractivity (Wildman–Crippen MR) is 110 cm³/mol. The third kappa shape index (κ3) is 5.48. The van der Waals surface area contributed by atoms with E-state index in [9.17, 15) is 14.0 Å². The van der Waals surface area contributed by atoms with E-state index in [1.165, 1.54) is 23.5 Å². The zero-order valence-electron chi connectivity index (χ0n) is 16.2. The predicted octanol–water partition coefficient (Wildman–Crippen LogP) is 4.25. The van der Waals surface area contributed by atoms with Crippen LogP contribution in [0.15, 0.2) is 60.0 Å². The molecule has 0 unspecified atom stereocenters. The number of esters is 1. The average molecular weight is 412 g/mol. The van der Waals surface area contributed by atoms with Crippen molar-refractivity contribution in [1.82, 2.24) is 9.88 Å². The van der Waals surface area contributed by atoms with Gasteiger partial charge in [-0.05, 0) is 24.6 Å². The number of likely N-dealkylation sites (N-methyl/N-ethyl adjacent to an activating group) is 1. The smallest absolute Gasteiger partial charge is 0.312 e. The first-order chi connectivity index (χ1) is 13.9. The fourth-order valence-electron chi connectivity index (χ4n) is 2.76. The molecular formula is C22H21FN2O3S. The molecule has 0 radical (unpaired) electrons. The Balaban J connectivity index is 1.51. The summed E-state index contributed by atoms with van der Waals surface area (Å²) in [5.74, 6) is -1.16. The van der Waals surface area contributed by atoms with Gasteiger partial charge in [0.1, 0.15) is 10.8 Å². The molecule has 150 valence electrons. The summed E-state index contributed by atoms with van der Waals surface area (Å²) in [6.07, 6.45) is -0.0446. The molecule has 0 aliphatic heterocycles. The number of thiazole rings is 1. The van der Waals surface area contributed by atoms with Crippen molar-refractivity contribution in [3.05, 3.63) is 77.1 Å². The Hall–Kier alpha value is -3.06. The third-order valence-electron chi connectivity index (χ3n) is 4.56. The summed E-state index contributed by atoms with van der Waals surface area (Å²) in [5.41, 5.74) is 2.18. The van der Waals surface area contributed by atoms with Crippen LogP contribution in [0.2, 0.25) is 0 Å². The maximum Gasteiger partial charge on any atom is 0.312 e. The molecule has 0 bridgehead atoms. The first-order valence-corrected chi connectivity index (χ1v) is 9.98. The van der Waals surface area contributed by atoms with Crippen LogP contribution in [0.5, 0.6) is 0 Å². The van der Waals surface area contributed by atoms with Crippen molar-refractivity contribution in [1.29, 1.82) is 0 Å². The van der Waals surface area contributed by atoms with Crippen molar-refractivity contribution in [3.63, 3.8) is 0 Å². The van der Waals surface area contributed by atoms with E-state index in [1.807, 2.05) is 37.3 Å². The maximum absolute atomic E-state index is 13.3. The van der Waals surface area contributed by atoms with Crippen molar-refractivity contribution in [2.45, 2.75) is 19.4 Å². The summed E-state index contributed by atoms with van der Waals surface area (Å²) in [4.78, 5) is 30.3. The molecule has 1 atom stereocenters. The van der Waals surface area contributed by atoms with Gasteiger partial charge in [-0.2, -0.15) is 0 Å². The molecule has 29 heavy (non-hydrogen) atoms. The summed E-state index contributed by atoms with van der Waals surface area (Å²) < 4.78 is 18.5. The summed E-state index contributed by atoms with van der Waals surface area (Å²) >= 11 is 1.32. The van der Waals surface area contributed by atoms with Crippen LogP contribution in [0.3, 0.4) is 0 Å². The molecule has 5 nitrogen and oxygen atoms in total. The highest BCUT2D eigenvalue weighted by Gasteiger charge is 2.19. The second kappa shape index (κ2) is 9.43. The Morgan fingerprint density at radius 3 is 2.66 bits per heavy atom. The van der Waals surface area contributed by atoms with Gasteiger partial charge in [0.2, 0.25) is 0 Å². The maximum atomic E-state index is 13.3. The molecule has 0 aliphatic rings. The van der Waals surface area contributed by atoms with Crippen LogP contribution >= 0.6 is 11.3 Å². The monoisotopic (exact) mass is 412 g/mol. The topological polar surface area (TPSA) is 59.5 Å². The Bertz CT molecular complexity index is 990. The molecule has 0 spiro atoms. The fourth-order valence-corrected chi connectivity index (χ4v) is 3.57. The molecule has 0 N–H and O–H groups in total. The number of hydrogen-bond donors (Lipinski definition) is 0. The van der Waals surface area contributed by atoms with Gasteiger partial charge in [-0.15, -0.1) is 11.3 Å². The van der Waals surface area contributed by atoms with Gasteiger partial charge in [-0.1, -0.05) is 42.5 Å². The van der Waals surface area contributed by atoms with Crippen LogP contribution in [0.1, 0.15) is 24.2 Å². The summed E-state index contributed by atoms with van der Waals surface area (Å²) in [5, 5.41) is 2.35. The number of ether oxygens (including phenoxy) is 1. The highest BCUT2D eigenvalue weighted by Crippen LogP contribution is 2.24. The number of aromatic nitrogens is 1. The SMILES string of the molecule is C[C@H](c1ccccc1)N(C)C(=O)COC(=O)Cc1csc(-c2cccc(F)c2)n1. The molecule has 0 fully saturated rings. The second-order valence-corrected chi connectivity index (χ2v) is 7.44. The van der Waals surface area contributed by atoms with Crippen LogP contribution < -0.4 is 0 Å². The number of hydrogen-bond acceptors (Lipinski definition) is 5. The zero-order chi connectivity index (χ0) is 20.8. The first kappa shape index (κ1) is 20.7. The third-order valence-corrected chi connectivity index (χ3v) is 5.50. The Kier molecular flexibility index (Phi) is 6.72. The molecule has 2 aromatic carbocycles. The van der Waals surface area contributed by atoms with Crippen molar-refractivity contribution >= 4 is 23.2 Å². The molecule has 3 aromatic rings. The van der Waals surface area contributed by atoms with Gasteiger partial charge in [0.15, 0.2) is 6.61 Å². The summed E-state index contributed by atoms with van der Waals surface area (Å²) in [6.45, 7) is 1.59. The number of nitrogens with zero attached hydrogens (tertiary/aromatic N) is 2. The van der Waals surface area contributed by atoms with Crippen LogP contribution in [0.25, 0.3) is 10.6 Å². The van der Waals surface area contributed by atoms with Crippen LogP contribution in [0.4, 0.5) is 4.39 Å². The average Bonchev–Trinajstić information content (AvgIpc) is 3.20. The van der Waals surface area contributed by atoms with E-state index in [1.54, 1.807) is 29.5 Å². The van der Waals surface area contributed by atoms with E-state index in [4.69, 9.17) is 4.74 Å². The van der Waals surface area contributed by atoms with Gasteiger partial charge in [0.25, 0.3) is 5.91 Å².